The zero-order valence-electron chi connectivity index (χ0n) is 17.6. The van der Waals surface area contributed by atoms with Crippen molar-refractivity contribution in [1.82, 2.24) is 4.90 Å². The van der Waals surface area contributed by atoms with Crippen molar-refractivity contribution in [2.75, 3.05) is 27.4 Å². The Morgan fingerprint density at radius 2 is 1.93 bits per heavy atom. The van der Waals surface area contributed by atoms with Gasteiger partial charge in [-0.1, -0.05) is 30.9 Å². The van der Waals surface area contributed by atoms with Gasteiger partial charge in [-0.15, -0.1) is 0 Å². The molecule has 5 nitrogen and oxygen atoms in total. The second-order valence-corrected chi connectivity index (χ2v) is 6.42. The summed E-state index contributed by atoms with van der Waals surface area (Å²) in [7, 11) is 3.22. The predicted octanol–water partition coefficient (Wildman–Crippen LogP) is 4.89. The van der Waals surface area contributed by atoms with Crippen LogP contribution in [0.5, 0.6) is 17.2 Å². The molecule has 0 aromatic heterocycles. The Hall–Kier alpha value is -3.21. The lowest BCUT2D eigenvalue weighted by Crippen LogP contribution is -2.32. The van der Waals surface area contributed by atoms with Crippen molar-refractivity contribution in [3.8, 4) is 17.2 Å². The van der Waals surface area contributed by atoms with E-state index in [0.717, 1.165) is 16.9 Å². The maximum Gasteiger partial charge on any atom is 0.247 e. The Kier molecular flexibility index (Phi) is 8.34. The molecule has 0 saturated carbocycles. The lowest BCUT2D eigenvalue weighted by Gasteiger charge is -2.27. The van der Waals surface area contributed by atoms with E-state index in [1.54, 1.807) is 32.4 Å². The van der Waals surface area contributed by atoms with Crippen molar-refractivity contribution in [3.05, 3.63) is 72.3 Å². The molecule has 0 aliphatic heterocycles. The van der Waals surface area contributed by atoms with Crippen LogP contribution < -0.4 is 14.2 Å². The maximum absolute atomic E-state index is 12.8. The van der Waals surface area contributed by atoms with Gasteiger partial charge in [0.1, 0.15) is 12.4 Å². The topological polar surface area (TPSA) is 48.0 Å². The monoisotopic (exact) mass is 395 g/mol. The summed E-state index contributed by atoms with van der Waals surface area (Å²) in [5.41, 5.74) is 1.88. The van der Waals surface area contributed by atoms with Gasteiger partial charge in [-0.3, -0.25) is 4.79 Å². The number of hydrogen-bond acceptors (Lipinski definition) is 4. The molecule has 0 fully saturated rings. The normalized spacial score (nSPS) is 11.7. The first-order valence-corrected chi connectivity index (χ1v) is 9.58. The average molecular weight is 395 g/mol. The van der Waals surface area contributed by atoms with Crippen LogP contribution in [0.3, 0.4) is 0 Å². The molecule has 2 aromatic rings. The van der Waals surface area contributed by atoms with E-state index in [4.69, 9.17) is 14.2 Å². The molecule has 29 heavy (non-hydrogen) atoms. The largest absolute Gasteiger partial charge is 0.497 e. The molecule has 2 rings (SSSR count). The van der Waals surface area contributed by atoms with E-state index >= 15 is 0 Å². The standard InChI is InChI=1S/C24H29NO4/c1-6-15-29-22-13-11-19(16-23(22)28-5)12-14-24(26)25(7-2)18(3)20-9-8-10-21(17-20)27-4/h6,8-14,16-18H,1,7,15H2,2-5H3/b14-12+. The number of carbonyl (C=O) groups is 1. The molecular weight excluding hydrogens is 366 g/mol. The smallest absolute Gasteiger partial charge is 0.247 e. The molecule has 0 aliphatic rings. The number of methoxy groups -OCH3 is 2. The van der Waals surface area contributed by atoms with Gasteiger partial charge in [0, 0.05) is 12.6 Å². The minimum atomic E-state index is -0.0727. The molecule has 0 bridgehead atoms. The van der Waals surface area contributed by atoms with Crippen LogP contribution in [0, 0.1) is 0 Å². The highest BCUT2D eigenvalue weighted by atomic mass is 16.5. The highest BCUT2D eigenvalue weighted by Crippen LogP contribution is 2.29. The van der Waals surface area contributed by atoms with E-state index in [1.807, 2.05) is 61.2 Å². The molecule has 1 atom stereocenters. The molecule has 2 aromatic carbocycles. The minimum absolute atomic E-state index is 0.0613. The summed E-state index contributed by atoms with van der Waals surface area (Å²) >= 11 is 0. The first-order valence-electron chi connectivity index (χ1n) is 9.58. The van der Waals surface area contributed by atoms with Crippen LogP contribution in [0.2, 0.25) is 0 Å². The summed E-state index contributed by atoms with van der Waals surface area (Å²) in [6.07, 6.45) is 5.04. The van der Waals surface area contributed by atoms with Crippen molar-refractivity contribution in [2.45, 2.75) is 19.9 Å². The van der Waals surface area contributed by atoms with Crippen molar-refractivity contribution >= 4 is 12.0 Å². The van der Waals surface area contributed by atoms with Crippen LogP contribution in [-0.4, -0.2) is 38.2 Å². The zero-order chi connectivity index (χ0) is 21.2. The molecule has 154 valence electrons. The predicted molar refractivity (Wildman–Crippen MR) is 117 cm³/mol. The number of nitrogens with zero attached hydrogens (tertiary/aromatic N) is 1. The van der Waals surface area contributed by atoms with Crippen LogP contribution in [0.4, 0.5) is 0 Å². The van der Waals surface area contributed by atoms with Gasteiger partial charge >= 0.3 is 0 Å². The Labute approximate surface area is 173 Å². The lowest BCUT2D eigenvalue weighted by atomic mass is 10.1. The van der Waals surface area contributed by atoms with E-state index in [0.29, 0.717) is 24.7 Å². The average Bonchev–Trinajstić information content (AvgIpc) is 2.76. The van der Waals surface area contributed by atoms with E-state index in [9.17, 15) is 4.79 Å². The Bertz CT molecular complexity index is 860. The molecule has 0 radical (unpaired) electrons. The number of carbonyl (C=O) groups excluding carboxylic acids is 1. The number of likely N-dealkylation sites (N-methyl/N-ethyl adjacent to an activating group) is 1. The minimum Gasteiger partial charge on any atom is -0.497 e. The summed E-state index contributed by atoms with van der Waals surface area (Å²) < 4.78 is 16.2. The van der Waals surface area contributed by atoms with E-state index in [2.05, 4.69) is 6.58 Å². The van der Waals surface area contributed by atoms with Crippen LogP contribution in [0.1, 0.15) is 31.0 Å². The van der Waals surface area contributed by atoms with Crippen LogP contribution in [0.25, 0.3) is 6.08 Å². The van der Waals surface area contributed by atoms with Gasteiger partial charge in [0.2, 0.25) is 5.91 Å². The van der Waals surface area contributed by atoms with Gasteiger partial charge < -0.3 is 19.1 Å². The van der Waals surface area contributed by atoms with Gasteiger partial charge in [0.05, 0.1) is 20.3 Å². The Morgan fingerprint density at radius 1 is 1.14 bits per heavy atom. The van der Waals surface area contributed by atoms with Gasteiger partial charge in [0.15, 0.2) is 11.5 Å². The number of hydrogen-bond donors (Lipinski definition) is 0. The van der Waals surface area contributed by atoms with Crippen molar-refractivity contribution < 1.29 is 19.0 Å². The fourth-order valence-corrected chi connectivity index (χ4v) is 3.02. The Morgan fingerprint density at radius 3 is 2.59 bits per heavy atom. The van der Waals surface area contributed by atoms with Crippen LogP contribution in [-0.2, 0) is 4.79 Å². The number of amides is 1. The van der Waals surface area contributed by atoms with Gasteiger partial charge in [-0.05, 0) is 55.3 Å². The van der Waals surface area contributed by atoms with Gasteiger partial charge in [0.25, 0.3) is 0 Å². The van der Waals surface area contributed by atoms with Crippen LogP contribution >= 0.6 is 0 Å². The molecule has 0 saturated heterocycles. The molecule has 0 heterocycles. The van der Waals surface area contributed by atoms with E-state index < -0.39 is 0 Å². The highest BCUT2D eigenvalue weighted by molar-refractivity contribution is 5.92. The summed E-state index contributed by atoms with van der Waals surface area (Å²) in [5, 5.41) is 0. The number of benzene rings is 2. The van der Waals surface area contributed by atoms with Gasteiger partial charge in [-0.25, -0.2) is 0 Å². The molecule has 1 amide bonds. The van der Waals surface area contributed by atoms with Gasteiger partial charge in [-0.2, -0.15) is 0 Å². The first-order chi connectivity index (χ1) is 14.0. The number of ether oxygens (including phenoxy) is 3. The van der Waals surface area contributed by atoms with Crippen molar-refractivity contribution in [2.24, 2.45) is 0 Å². The SMILES string of the molecule is C=CCOc1ccc(/C=C/C(=O)N(CC)C(C)c2cccc(OC)c2)cc1OC. The molecule has 0 N–H and O–H groups in total. The fraction of sp³-hybridized carbons (Fsp3) is 0.292. The maximum atomic E-state index is 12.8. The van der Waals surface area contributed by atoms with Crippen molar-refractivity contribution in [3.63, 3.8) is 0 Å². The van der Waals surface area contributed by atoms with Crippen LogP contribution in [0.15, 0.2) is 61.2 Å². The summed E-state index contributed by atoms with van der Waals surface area (Å²) in [6.45, 7) is 8.62. The zero-order valence-corrected chi connectivity index (χ0v) is 17.6. The van der Waals surface area contributed by atoms with Crippen molar-refractivity contribution in [1.29, 1.82) is 0 Å². The summed E-state index contributed by atoms with van der Waals surface area (Å²) in [6, 6.07) is 13.2. The molecular formula is C24H29NO4. The molecule has 0 spiro atoms. The second-order valence-electron chi connectivity index (χ2n) is 6.42. The van der Waals surface area contributed by atoms with E-state index in [-0.39, 0.29) is 11.9 Å². The quantitative estimate of drug-likeness (QED) is 0.424. The molecule has 0 aliphatic carbocycles. The third kappa shape index (κ3) is 5.88. The second kappa shape index (κ2) is 11.0. The Balaban J connectivity index is 2.15. The fourth-order valence-electron chi connectivity index (χ4n) is 3.02. The first kappa shape index (κ1) is 22.1. The molecule has 5 heteroatoms. The summed E-state index contributed by atoms with van der Waals surface area (Å²) in [4.78, 5) is 14.6. The third-order valence-corrected chi connectivity index (χ3v) is 4.63. The lowest BCUT2D eigenvalue weighted by molar-refractivity contribution is -0.127. The summed E-state index contributed by atoms with van der Waals surface area (Å²) in [5.74, 6) is 1.96. The number of rotatable bonds is 10. The molecule has 1 unspecified atom stereocenters. The van der Waals surface area contributed by atoms with E-state index in [1.165, 1.54) is 0 Å². The third-order valence-electron chi connectivity index (χ3n) is 4.63. The highest BCUT2D eigenvalue weighted by Gasteiger charge is 2.18.